The summed E-state index contributed by atoms with van der Waals surface area (Å²) >= 11 is 4.66. The Morgan fingerprint density at radius 1 is 1.09 bits per heavy atom. The van der Waals surface area contributed by atoms with Crippen LogP contribution in [0.5, 0.6) is 0 Å². The summed E-state index contributed by atoms with van der Waals surface area (Å²) < 4.78 is 1.67. The molecule has 4 aromatic rings. The Hall–Kier alpha value is -3.71. The number of nitrogens with one attached hydrogen (secondary N) is 1. The van der Waals surface area contributed by atoms with Gasteiger partial charge in [0, 0.05) is 67.5 Å². The number of imidazole rings is 1. The third kappa shape index (κ3) is 5.52. The van der Waals surface area contributed by atoms with Crippen LogP contribution in [0.1, 0.15) is 27.2 Å². The van der Waals surface area contributed by atoms with E-state index < -0.39 is 0 Å². The maximum atomic E-state index is 12.9. The first-order chi connectivity index (χ1) is 17.0. The van der Waals surface area contributed by atoms with Crippen molar-refractivity contribution in [3.8, 4) is 11.8 Å². The van der Waals surface area contributed by atoms with Gasteiger partial charge in [0.15, 0.2) is 5.65 Å². The number of hydrogen-bond acceptors (Lipinski definition) is 7. The number of carbonyl (C=O) groups is 1. The maximum absolute atomic E-state index is 12.9. The van der Waals surface area contributed by atoms with Crippen LogP contribution < -0.4 is 5.32 Å². The van der Waals surface area contributed by atoms with E-state index in [1.165, 1.54) is 6.20 Å². The normalized spacial score (nSPS) is 14.5. The number of likely N-dealkylation sites (N-methyl/N-ethyl adjacent to an activating group) is 1. The van der Waals surface area contributed by atoms with Gasteiger partial charge in [-0.3, -0.25) is 14.7 Å². The number of rotatable bonds is 4. The summed E-state index contributed by atoms with van der Waals surface area (Å²) in [5.41, 5.74) is 4.28. The summed E-state index contributed by atoms with van der Waals surface area (Å²) in [6, 6.07) is 11.2. The van der Waals surface area contributed by atoms with Gasteiger partial charge in [-0.1, -0.05) is 12.0 Å². The fourth-order valence-corrected chi connectivity index (χ4v) is 4.19. The van der Waals surface area contributed by atoms with Crippen LogP contribution in [0, 0.1) is 11.8 Å². The van der Waals surface area contributed by atoms with Crippen LogP contribution in [0.3, 0.4) is 0 Å². The van der Waals surface area contributed by atoms with Crippen LogP contribution in [0.25, 0.3) is 5.65 Å². The first kappa shape index (κ1) is 23.1. The molecule has 8 nitrogen and oxygen atoms in total. The van der Waals surface area contributed by atoms with E-state index in [4.69, 9.17) is 0 Å². The topological polar surface area (TPSA) is 78.7 Å². The predicted molar refractivity (Wildman–Crippen MR) is 138 cm³/mol. The average molecular weight is 484 g/mol. The Labute approximate surface area is 209 Å². The van der Waals surface area contributed by atoms with E-state index in [0.717, 1.165) is 48.8 Å². The van der Waals surface area contributed by atoms with Crippen molar-refractivity contribution in [1.82, 2.24) is 29.4 Å². The Bertz CT molecular complexity index is 1430. The number of fused-ring (bicyclic) bond motifs is 1. The second kappa shape index (κ2) is 10.3. The van der Waals surface area contributed by atoms with E-state index in [1.807, 2.05) is 30.3 Å². The number of piperazine rings is 1. The molecular formula is C26H25N7OS. The molecule has 0 spiro atoms. The lowest BCUT2D eigenvalue weighted by molar-refractivity contribution is 0.102. The fourth-order valence-electron chi connectivity index (χ4n) is 3.91. The number of hydrogen-bond donors (Lipinski definition) is 2. The molecule has 9 heteroatoms. The summed E-state index contributed by atoms with van der Waals surface area (Å²) in [6.07, 6.45) is 6.50. The lowest BCUT2D eigenvalue weighted by Crippen LogP contribution is -2.43. The zero-order chi connectivity index (χ0) is 24.2. The van der Waals surface area contributed by atoms with Gasteiger partial charge >= 0.3 is 0 Å². The summed E-state index contributed by atoms with van der Waals surface area (Å²) in [4.78, 5) is 26.9. The van der Waals surface area contributed by atoms with Gasteiger partial charge < -0.3 is 10.2 Å². The van der Waals surface area contributed by atoms with Gasteiger partial charge in [-0.25, -0.2) is 9.50 Å². The second-order valence-electron chi connectivity index (χ2n) is 8.53. The molecule has 0 bridgehead atoms. The van der Waals surface area contributed by atoms with E-state index in [1.54, 1.807) is 29.2 Å². The van der Waals surface area contributed by atoms with Gasteiger partial charge in [0.1, 0.15) is 5.69 Å². The highest BCUT2D eigenvalue weighted by molar-refractivity contribution is 7.80. The molecule has 1 amide bonds. The summed E-state index contributed by atoms with van der Waals surface area (Å²) in [5.74, 6) is 5.84. The molecule has 0 atom stereocenters. The smallest absolute Gasteiger partial charge is 0.257 e. The minimum absolute atomic E-state index is 0.253. The van der Waals surface area contributed by atoms with Gasteiger partial charge in [-0.2, -0.15) is 5.10 Å². The van der Waals surface area contributed by atoms with Gasteiger partial charge in [-0.05, 0) is 48.9 Å². The predicted octanol–water partition coefficient (Wildman–Crippen LogP) is 2.81. The number of nitrogens with zero attached hydrogens (tertiary/aromatic N) is 6. The van der Waals surface area contributed by atoms with Crippen molar-refractivity contribution < 1.29 is 4.79 Å². The lowest BCUT2D eigenvalue weighted by atomic mass is 10.1. The standard InChI is InChI=1S/C26H25N7OS/c1-31-9-11-32(12-10-31)18-20-5-6-22(14-24(20)35)30-26(34)21-13-19(15-27-16-21)4-7-23-17-28-25-3-2-8-29-33(23)25/h2-3,5-6,8,13-17,35H,9-12,18H2,1H3,(H,30,34). The van der Waals surface area contributed by atoms with Crippen LogP contribution in [-0.2, 0) is 6.54 Å². The first-order valence-corrected chi connectivity index (χ1v) is 11.8. The quantitative estimate of drug-likeness (QED) is 0.343. The Balaban J connectivity index is 1.26. The number of aromatic nitrogens is 4. The third-order valence-corrected chi connectivity index (χ3v) is 6.36. The number of carbonyl (C=O) groups excluding carboxylic acids is 1. The van der Waals surface area contributed by atoms with Crippen molar-refractivity contribution >= 4 is 29.9 Å². The molecule has 0 aliphatic carbocycles. The van der Waals surface area contributed by atoms with E-state index >= 15 is 0 Å². The highest BCUT2D eigenvalue weighted by Crippen LogP contribution is 2.22. The minimum atomic E-state index is -0.253. The molecule has 0 unspecified atom stereocenters. The second-order valence-corrected chi connectivity index (χ2v) is 9.01. The van der Waals surface area contributed by atoms with E-state index in [9.17, 15) is 4.79 Å². The van der Waals surface area contributed by atoms with Crippen LogP contribution in [-0.4, -0.2) is 68.5 Å². The molecule has 1 fully saturated rings. The van der Waals surface area contributed by atoms with Crippen LogP contribution >= 0.6 is 12.6 Å². The Morgan fingerprint density at radius 2 is 1.94 bits per heavy atom. The largest absolute Gasteiger partial charge is 0.322 e. The summed E-state index contributed by atoms with van der Waals surface area (Å²) in [6.45, 7) is 5.09. The molecule has 0 saturated carbocycles. The molecule has 1 N–H and O–H groups in total. The van der Waals surface area contributed by atoms with E-state index in [-0.39, 0.29) is 5.91 Å². The molecule has 1 aliphatic rings. The van der Waals surface area contributed by atoms with Gasteiger partial charge in [0.05, 0.1) is 11.8 Å². The van der Waals surface area contributed by atoms with Crippen LogP contribution in [0.15, 0.2) is 66.1 Å². The van der Waals surface area contributed by atoms with Crippen molar-refractivity contribution in [2.75, 3.05) is 38.5 Å². The molecule has 176 valence electrons. The van der Waals surface area contributed by atoms with E-state index in [0.29, 0.717) is 22.5 Å². The summed E-state index contributed by atoms with van der Waals surface area (Å²) in [7, 11) is 2.15. The molecule has 0 radical (unpaired) electrons. The van der Waals surface area contributed by atoms with Crippen molar-refractivity contribution in [3.63, 3.8) is 0 Å². The number of amides is 1. The highest BCUT2D eigenvalue weighted by atomic mass is 32.1. The zero-order valence-corrected chi connectivity index (χ0v) is 20.2. The third-order valence-electron chi connectivity index (χ3n) is 5.95. The molecule has 1 aromatic carbocycles. The Morgan fingerprint density at radius 3 is 2.77 bits per heavy atom. The number of pyridine rings is 1. The molecule has 35 heavy (non-hydrogen) atoms. The SMILES string of the molecule is CN1CCN(Cc2ccc(NC(=O)c3cncc(C#Cc4cnc5cccnn45)c3)cc2S)CC1. The van der Waals surface area contributed by atoms with Gasteiger partial charge in [-0.15, -0.1) is 12.6 Å². The van der Waals surface area contributed by atoms with Crippen molar-refractivity contribution in [1.29, 1.82) is 0 Å². The van der Waals surface area contributed by atoms with Crippen molar-refractivity contribution in [2.45, 2.75) is 11.4 Å². The highest BCUT2D eigenvalue weighted by Gasteiger charge is 2.15. The van der Waals surface area contributed by atoms with Gasteiger partial charge in [0.25, 0.3) is 5.91 Å². The number of thiol groups is 1. The molecular weight excluding hydrogens is 458 g/mol. The van der Waals surface area contributed by atoms with Gasteiger partial charge in [0.2, 0.25) is 0 Å². The number of benzene rings is 1. The zero-order valence-electron chi connectivity index (χ0n) is 19.3. The minimum Gasteiger partial charge on any atom is -0.322 e. The molecule has 1 saturated heterocycles. The Kier molecular flexibility index (Phi) is 6.77. The molecule has 1 aliphatic heterocycles. The van der Waals surface area contributed by atoms with E-state index in [2.05, 4.69) is 61.7 Å². The molecule has 4 heterocycles. The molecule has 3 aromatic heterocycles. The van der Waals surface area contributed by atoms with Crippen LogP contribution in [0.2, 0.25) is 0 Å². The maximum Gasteiger partial charge on any atom is 0.257 e. The number of anilines is 1. The van der Waals surface area contributed by atoms with Crippen molar-refractivity contribution in [3.05, 3.63) is 83.6 Å². The lowest BCUT2D eigenvalue weighted by Gasteiger charge is -2.32. The average Bonchev–Trinajstić information content (AvgIpc) is 3.29. The van der Waals surface area contributed by atoms with Crippen molar-refractivity contribution in [2.24, 2.45) is 0 Å². The fraction of sp³-hybridized carbons (Fsp3) is 0.231. The van der Waals surface area contributed by atoms with Crippen LogP contribution in [0.4, 0.5) is 5.69 Å². The molecule has 5 rings (SSSR count). The first-order valence-electron chi connectivity index (χ1n) is 11.4. The summed E-state index contributed by atoms with van der Waals surface area (Å²) in [5, 5.41) is 7.19. The monoisotopic (exact) mass is 483 g/mol.